The minimum Gasteiger partial charge on any atom is -0.504 e. The van der Waals surface area contributed by atoms with Gasteiger partial charge >= 0.3 is 5.97 Å². The van der Waals surface area contributed by atoms with E-state index in [0.29, 0.717) is 50.0 Å². The summed E-state index contributed by atoms with van der Waals surface area (Å²) in [4.78, 5) is 25.1. The number of likely N-dealkylation sites (N-methyl/N-ethyl adjacent to an activating group) is 1. The zero-order valence-electron chi connectivity index (χ0n) is 24.2. The van der Waals surface area contributed by atoms with Gasteiger partial charge in [0.2, 0.25) is 0 Å². The average molecular weight is 587 g/mol. The van der Waals surface area contributed by atoms with Gasteiger partial charge in [-0.2, -0.15) is 0 Å². The molecule has 0 amide bonds. The molecule has 0 fully saturated rings. The molecule has 222 valence electrons. The average Bonchev–Trinajstić information content (AvgIpc) is 3.35. The number of carbonyl (C=O) groups excluding carboxylic acids is 2. The summed E-state index contributed by atoms with van der Waals surface area (Å²) in [7, 11) is 7.44. The molecule has 2 heterocycles. The van der Waals surface area contributed by atoms with E-state index in [1.807, 2.05) is 0 Å². The van der Waals surface area contributed by atoms with E-state index >= 15 is 0 Å². The predicted octanol–water partition coefficient (Wildman–Crippen LogP) is 4.81. The Morgan fingerprint density at radius 2 is 1.51 bits per heavy atom. The fourth-order valence-electron chi connectivity index (χ4n) is 5.22. The number of fused-ring (bicyclic) bond motifs is 3. The second-order valence-electron chi connectivity index (χ2n) is 9.49. The number of benzene rings is 3. The SMILES string of the molecule is CNCC(=O)Oc1cc2ccn3c(C=O)c(-c4cc(OC)c(O)cc4OC)c(-c4ccc(O)c(OC)c4)c3c2cc1OC. The molecule has 3 N–H and O–H groups in total. The lowest BCUT2D eigenvalue weighted by molar-refractivity contribution is -0.133. The molecule has 0 atom stereocenters. The number of ether oxygens (including phenoxy) is 5. The van der Waals surface area contributed by atoms with Crippen LogP contribution in [0.25, 0.3) is 38.5 Å². The van der Waals surface area contributed by atoms with Gasteiger partial charge in [0.05, 0.1) is 46.2 Å². The molecule has 2 aromatic heterocycles. The van der Waals surface area contributed by atoms with Crippen LogP contribution in [0.3, 0.4) is 0 Å². The lowest BCUT2D eigenvalue weighted by Gasteiger charge is -2.15. The third-order valence-corrected chi connectivity index (χ3v) is 7.13. The molecular weight excluding hydrogens is 556 g/mol. The molecule has 0 aliphatic rings. The summed E-state index contributed by atoms with van der Waals surface area (Å²) < 4.78 is 29.4. The molecule has 0 bridgehead atoms. The van der Waals surface area contributed by atoms with Crippen LogP contribution in [0.15, 0.2) is 54.7 Å². The monoisotopic (exact) mass is 586 g/mol. The minimum atomic E-state index is -0.486. The van der Waals surface area contributed by atoms with E-state index in [0.717, 1.165) is 6.29 Å². The molecule has 11 heteroatoms. The maximum absolute atomic E-state index is 12.9. The van der Waals surface area contributed by atoms with Crippen LogP contribution in [0.2, 0.25) is 0 Å². The zero-order valence-corrected chi connectivity index (χ0v) is 24.2. The number of aromatic hydroxyl groups is 2. The van der Waals surface area contributed by atoms with E-state index in [9.17, 15) is 19.8 Å². The largest absolute Gasteiger partial charge is 0.504 e. The normalized spacial score (nSPS) is 11.0. The van der Waals surface area contributed by atoms with Gasteiger partial charge in [-0.15, -0.1) is 0 Å². The highest BCUT2D eigenvalue weighted by molar-refractivity contribution is 6.13. The van der Waals surface area contributed by atoms with Crippen LogP contribution in [0.5, 0.6) is 40.2 Å². The highest BCUT2D eigenvalue weighted by Gasteiger charge is 2.27. The van der Waals surface area contributed by atoms with Crippen molar-refractivity contribution in [2.24, 2.45) is 0 Å². The third kappa shape index (κ3) is 4.99. The molecule has 0 unspecified atom stereocenters. The van der Waals surface area contributed by atoms with Crippen LogP contribution in [0.4, 0.5) is 0 Å². The Labute approximate surface area is 246 Å². The van der Waals surface area contributed by atoms with Crippen molar-refractivity contribution in [1.29, 1.82) is 0 Å². The number of methoxy groups -OCH3 is 4. The number of hydrogen-bond donors (Lipinski definition) is 3. The first kappa shape index (κ1) is 29.1. The van der Waals surface area contributed by atoms with Crippen molar-refractivity contribution in [1.82, 2.24) is 9.72 Å². The van der Waals surface area contributed by atoms with Crippen molar-refractivity contribution in [3.63, 3.8) is 0 Å². The van der Waals surface area contributed by atoms with Crippen LogP contribution in [-0.4, -0.2) is 68.9 Å². The van der Waals surface area contributed by atoms with Crippen LogP contribution in [0, 0.1) is 0 Å². The van der Waals surface area contributed by atoms with E-state index in [2.05, 4.69) is 5.32 Å². The standard InChI is InChI=1S/C32H30N2O9/c1-33-15-29(38)43-28-10-17-8-9-34-21(16-35)31(20-13-26(41-4)23(37)14-24(20)39-2)30(32(34)19(17)12-27(28)42-5)18-6-7-22(36)25(11-18)40-3/h6-14,16,33,36-37H,15H2,1-5H3. The van der Waals surface area contributed by atoms with E-state index in [1.54, 1.807) is 54.0 Å². The molecule has 43 heavy (non-hydrogen) atoms. The van der Waals surface area contributed by atoms with Gasteiger partial charge in [-0.05, 0) is 54.4 Å². The molecule has 0 spiro atoms. The molecule has 5 rings (SSSR count). The Morgan fingerprint density at radius 1 is 0.814 bits per heavy atom. The fraction of sp³-hybridized carbons (Fsp3) is 0.188. The first-order valence-electron chi connectivity index (χ1n) is 13.1. The van der Waals surface area contributed by atoms with E-state index < -0.39 is 5.97 Å². The zero-order chi connectivity index (χ0) is 30.8. The number of phenols is 2. The Bertz CT molecular complexity index is 1880. The van der Waals surface area contributed by atoms with E-state index in [1.165, 1.54) is 40.6 Å². The quantitative estimate of drug-likeness (QED) is 0.119. The number of aldehydes is 1. The van der Waals surface area contributed by atoms with E-state index in [4.69, 9.17) is 23.7 Å². The van der Waals surface area contributed by atoms with Gasteiger partial charge in [-0.25, -0.2) is 0 Å². The number of nitrogens with one attached hydrogen (secondary N) is 1. The van der Waals surface area contributed by atoms with Gasteiger partial charge < -0.3 is 43.6 Å². The highest BCUT2D eigenvalue weighted by atomic mass is 16.6. The number of pyridine rings is 1. The summed E-state index contributed by atoms with van der Waals surface area (Å²) in [6, 6.07) is 13.1. The number of nitrogens with zero attached hydrogens (tertiary/aromatic N) is 1. The van der Waals surface area contributed by atoms with Gasteiger partial charge in [0.25, 0.3) is 0 Å². The molecule has 0 radical (unpaired) electrons. The van der Waals surface area contributed by atoms with Crippen LogP contribution in [-0.2, 0) is 4.79 Å². The molecular formula is C32H30N2O9. The lowest BCUT2D eigenvalue weighted by Crippen LogP contribution is -2.23. The Balaban J connectivity index is 1.96. The highest BCUT2D eigenvalue weighted by Crippen LogP contribution is 2.49. The second-order valence-corrected chi connectivity index (χ2v) is 9.49. The number of aromatic nitrogens is 1. The number of rotatable bonds is 10. The number of hydrogen-bond acceptors (Lipinski definition) is 10. The first-order chi connectivity index (χ1) is 20.8. The summed E-state index contributed by atoms with van der Waals surface area (Å²) in [5, 5.41) is 25.0. The van der Waals surface area contributed by atoms with Crippen molar-refractivity contribution < 1.29 is 43.5 Å². The molecule has 5 aromatic rings. The summed E-state index contributed by atoms with van der Waals surface area (Å²) >= 11 is 0. The Kier molecular flexibility index (Phi) is 8.00. The summed E-state index contributed by atoms with van der Waals surface area (Å²) in [5.74, 6) is 0.556. The smallest absolute Gasteiger partial charge is 0.325 e. The maximum Gasteiger partial charge on any atom is 0.325 e. The first-order valence-corrected chi connectivity index (χ1v) is 13.1. The molecule has 0 saturated carbocycles. The predicted molar refractivity (Wildman–Crippen MR) is 160 cm³/mol. The van der Waals surface area contributed by atoms with Gasteiger partial charge in [0.1, 0.15) is 5.75 Å². The molecule has 3 aromatic carbocycles. The topological polar surface area (TPSA) is 137 Å². The molecule has 0 aliphatic heterocycles. The summed E-state index contributed by atoms with van der Waals surface area (Å²) in [5.41, 5.74) is 3.06. The molecule has 0 saturated heterocycles. The summed E-state index contributed by atoms with van der Waals surface area (Å²) in [6.07, 6.45) is 2.47. The van der Waals surface area contributed by atoms with Gasteiger partial charge in [-0.1, -0.05) is 6.07 Å². The number of esters is 1. The fourth-order valence-corrected chi connectivity index (χ4v) is 5.22. The number of carbonyl (C=O) groups is 2. The van der Waals surface area contributed by atoms with Crippen LogP contribution in [0.1, 0.15) is 10.5 Å². The van der Waals surface area contributed by atoms with Crippen molar-refractivity contribution in [3.05, 3.63) is 60.4 Å². The maximum atomic E-state index is 12.9. The van der Waals surface area contributed by atoms with Gasteiger partial charge in [0.15, 0.2) is 40.8 Å². The molecule has 0 aliphatic carbocycles. The molecule has 11 nitrogen and oxygen atoms in total. The van der Waals surface area contributed by atoms with Crippen LogP contribution < -0.4 is 29.0 Å². The number of phenolic OH excluding ortho intramolecular Hbond substituents is 2. The summed E-state index contributed by atoms with van der Waals surface area (Å²) in [6.45, 7) is 0.00967. The van der Waals surface area contributed by atoms with Crippen molar-refractivity contribution in [2.75, 3.05) is 42.0 Å². The van der Waals surface area contributed by atoms with Crippen molar-refractivity contribution in [3.8, 4) is 62.5 Å². The minimum absolute atomic E-state index is 0.00967. The van der Waals surface area contributed by atoms with Gasteiger partial charge in [0, 0.05) is 34.3 Å². The van der Waals surface area contributed by atoms with Crippen molar-refractivity contribution in [2.45, 2.75) is 0 Å². The Morgan fingerprint density at radius 3 is 2.16 bits per heavy atom. The Hall–Kier alpha value is -5.42. The van der Waals surface area contributed by atoms with E-state index in [-0.39, 0.29) is 41.0 Å². The van der Waals surface area contributed by atoms with Crippen LogP contribution >= 0.6 is 0 Å². The lowest BCUT2D eigenvalue weighted by atomic mass is 9.93. The second kappa shape index (κ2) is 11.8. The van der Waals surface area contributed by atoms with Crippen molar-refractivity contribution >= 4 is 28.5 Å². The third-order valence-electron chi connectivity index (χ3n) is 7.13. The van der Waals surface area contributed by atoms with Gasteiger partial charge in [-0.3, -0.25) is 9.59 Å².